The molecule has 0 bridgehead atoms. The van der Waals surface area contributed by atoms with Crippen LogP contribution in [0.1, 0.15) is 45.1 Å². The third kappa shape index (κ3) is 9.01. The first kappa shape index (κ1) is 27.8. The van der Waals surface area contributed by atoms with Crippen LogP contribution < -0.4 is 27.0 Å². The number of carbonyl (C=O) groups is 5. The van der Waals surface area contributed by atoms with E-state index in [0.29, 0.717) is 6.42 Å². The van der Waals surface area contributed by atoms with Crippen molar-refractivity contribution in [3.8, 4) is 0 Å². The van der Waals surface area contributed by atoms with E-state index in [1.165, 1.54) is 0 Å². The summed E-state index contributed by atoms with van der Waals surface area (Å²) in [5.41, 5.74) is 5.85. The topological polar surface area (TPSA) is 180 Å². The lowest BCUT2D eigenvalue weighted by atomic mass is 10.00. The number of rotatable bonds is 13. The van der Waals surface area contributed by atoms with Crippen molar-refractivity contribution in [2.75, 3.05) is 6.54 Å². The Bertz CT molecular complexity index is 901. The van der Waals surface area contributed by atoms with Crippen molar-refractivity contribution >= 4 is 29.6 Å². The first-order valence-corrected chi connectivity index (χ1v) is 11.8. The number of carboxylic acid groups (broad SMARTS) is 1. The summed E-state index contributed by atoms with van der Waals surface area (Å²) in [7, 11) is 0. The molecule has 192 valence electrons. The molecule has 0 aliphatic carbocycles. The Balaban J connectivity index is 2.17. The molecule has 4 atom stereocenters. The van der Waals surface area contributed by atoms with Gasteiger partial charge in [0.25, 0.3) is 0 Å². The molecule has 7 N–H and O–H groups in total. The van der Waals surface area contributed by atoms with Crippen molar-refractivity contribution in [1.82, 2.24) is 21.3 Å². The SMILES string of the molecule is CC(C)C(NC(=O)C1CCCN1)C(=O)NC(Cc1ccccc1)C(=O)NC(CCC(N)=O)C(=O)O. The number of benzene rings is 1. The minimum atomic E-state index is -1.35. The van der Waals surface area contributed by atoms with E-state index in [9.17, 15) is 29.1 Å². The Hall–Kier alpha value is -3.47. The van der Waals surface area contributed by atoms with Gasteiger partial charge in [-0.05, 0) is 37.3 Å². The highest BCUT2D eigenvalue weighted by Crippen LogP contribution is 2.10. The van der Waals surface area contributed by atoms with Crippen LogP contribution in [0.5, 0.6) is 0 Å². The maximum absolute atomic E-state index is 13.2. The number of nitrogens with two attached hydrogens (primary N) is 1. The van der Waals surface area contributed by atoms with E-state index in [4.69, 9.17) is 5.73 Å². The van der Waals surface area contributed by atoms with Gasteiger partial charge in [0.2, 0.25) is 23.6 Å². The second-order valence-electron chi connectivity index (χ2n) is 9.03. The largest absolute Gasteiger partial charge is 0.480 e. The summed E-state index contributed by atoms with van der Waals surface area (Å²) < 4.78 is 0. The predicted octanol–water partition coefficient (Wildman–Crippen LogP) is -0.558. The summed E-state index contributed by atoms with van der Waals surface area (Å²) in [4.78, 5) is 61.5. The number of aliphatic carboxylic acids is 1. The lowest BCUT2D eigenvalue weighted by molar-refractivity contribution is -0.142. The second kappa shape index (κ2) is 13.4. The number of amides is 4. The zero-order valence-corrected chi connectivity index (χ0v) is 20.1. The smallest absolute Gasteiger partial charge is 0.326 e. The lowest BCUT2D eigenvalue weighted by Crippen LogP contribution is -2.58. The van der Waals surface area contributed by atoms with Crippen LogP contribution in [0.4, 0.5) is 0 Å². The minimum absolute atomic E-state index is 0.101. The molecular weight excluding hydrogens is 454 g/mol. The van der Waals surface area contributed by atoms with Crippen LogP contribution in [-0.4, -0.2) is 65.4 Å². The standard InChI is InChI=1S/C24H35N5O6/c1-14(2)20(29-21(31)16-9-6-12-26-16)23(33)28-18(13-15-7-4-3-5-8-15)22(32)27-17(24(34)35)10-11-19(25)30/h3-5,7-8,14,16-18,20,26H,6,9-13H2,1-2H3,(H2,25,30)(H,27,32)(H,28,33)(H,29,31)(H,34,35). The summed E-state index contributed by atoms with van der Waals surface area (Å²) in [5.74, 6) is -3.81. The fourth-order valence-corrected chi connectivity index (χ4v) is 3.83. The van der Waals surface area contributed by atoms with Gasteiger partial charge in [0.05, 0.1) is 6.04 Å². The number of primary amides is 1. The quantitative estimate of drug-likeness (QED) is 0.215. The molecule has 0 saturated carbocycles. The summed E-state index contributed by atoms with van der Waals surface area (Å²) in [6.45, 7) is 4.29. The maximum atomic E-state index is 13.2. The molecule has 35 heavy (non-hydrogen) atoms. The van der Waals surface area contributed by atoms with Gasteiger partial charge in [0.15, 0.2) is 0 Å². The van der Waals surface area contributed by atoms with E-state index in [2.05, 4.69) is 21.3 Å². The summed E-state index contributed by atoms with van der Waals surface area (Å²) in [6.07, 6.45) is 1.25. The van der Waals surface area contributed by atoms with Gasteiger partial charge in [0, 0.05) is 12.8 Å². The van der Waals surface area contributed by atoms with Gasteiger partial charge in [-0.15, -0.1) is 0 Å². The molecule has 0 aromatic heterocycles. The molecule has 0 radical (unpaired) electrons. The van der Waals surface area contributed by atoms with Crippen molar-refractivity contribution in [2.45, 2.75) is 70.1 Å². The number of carboxylic acids is 1. The Kier molecular flexibility index (Phi) is 10.7. The maximum Gasteiger partial charge on any atom is 0.326 e. The number of hydrogen-bond acceptors (Lipinski definition) is 6. The Morgan fingerprint density at radius 2 is 1.69 bits per heavy atom. The Morgan fingerprint density at radius 3 is 2.23 bits per heavy atom. The average Bonchev–Trinajstić information content (AvgIpc) is 3.34. The van der Waals surface area contributed by atoms with Crippen LogP contribution in [0.3, 0.4) is 0 Å². The van der Waals surface area contributed by atoms with Crippen LogP contribution in [0.25, 0.3) is 0 Å². The van der Waals surface area contributed by atoms with Crippen LogP contribution in [0.15, 0.2) is 30.3 Å². The van der Waals surface area contributed by atoms with Gasteiger partial charge < -0.3 is 32.1 Å². The normalized spacial score (nSPS) is 17.7. The first-order chi connectivity index (χ1) is 16.6. The second-order valence-corrected chi connectivity index (χ2v) is 9.03. The zero-order valence-electron chi connectivity index (χ0n) is 20.1. The van der Waals surface area contributed by atoms with Crippen LogP contribution in [0, 0.1) is 5.92 Å². The van der Waals surface area contributed by atoms with E-state index >= 15 is 0 Å². The molecule has 11 heteroatoms. The fraction of sp³-hybridized carbons (Fsp3) is 0.542. The summed E-state index contributed by atoms with van der Waals surface area (Å²) >= 11 is 0. The van der Waals surface area contributed by atoms with Gasteiger partial charge in [-0.1, -0.05) is 44.2 Å². The molecule has 2 rings (SSSR count). The van der Waals surface area contributed by atoms with E-state index < -0.39 is 41.8 Å². The van der Waals surface area contributed by atoms with Crippen molar-refractivity contribution in [2.24, 2.45) is 11.7 Å². The van der Waals surface area contributed by atoms with Gasteiger partial charge in [0.1, 0.15) is 18.1 Å². The third-order valence-corrected chi connectivity index (χ3v) is 5.83. The molecule has 4 unspecified atom stereocenters. The molecule has 1 aliphatic rings. The van der Waals surface area contributed by atoms with Gasteiger partial charge >= 0.3 is 5.97 Å². The lowest BCUT2D eigenvalue weighted by Gasteiger charge is -2.27. The fourth-order valence-electron chi connectivity index (χ4n) is 3.83. The van der Waals surface area contributed by atoms with Crippen LogP contribution in [0.2, 0.25) is 0 Å². The molecule has 1 heterocycles. The number of carbonyl (C=O) groups excluding carboxylic acids is 4. The van der Waals surface area contributed by atoms with Gasteiger partial charge in [-0.2, -0.15) is 0 Å². The molecule has 0 spiro atoms. The van der Waals surface area contributed by atoms with E-state index in [-0.39, 0.29) is 37.1 Å². The minimum Gasteiger partial charge on any atom is -0.480 e. The van der Waals surface area contributed by atoms with Crippen molar-refractivity contribution in [3.05, 3.63) is 35.9 Å². The van der Waals surface area contributed by atoms with E-state index in [1.807, 2.05) is 6.07 Å². The van der Waals surface area contributed by atoms with Crippen LogP contribution in [-0.2, 0) is 30.4 Å². The summed E-state index contributed by atoms with van der Waals surface area (Å²) in [6, 6.07) is 5.22. The van der Waals surface area contributed by atoms with Crippen molar-refractivity contribution < 1.29 is 29.1 Å². The highest BCUT2D eigenvalue weighted by Gasteiger charge is 2.33. The Labute approximate surface area is 204 Å². The molecule has 1 aromatic carbocycles. The molecule has 11 nitrogen and oxygen atoms in total. The highest BCUT2D eigenvalue weighted by molar-refractivity contribution is 5.94. The molecule has 1 aliphatic heterocycles. The van der Waals surface area contributed by atoms with Crippen molar-refractivity contribution in [3.63, 3.8) is 0 Å². The highest BCUT2D eigenvalue weighted by atomic mass is 16.4. The summed E-state index contributed by atoms with van der Waals surface area (Å²) in [5, 5.41) is 20.4. The van der Waals surface area contributed by atoms with Crippen LogP contribution >= 0.6 is 0 Å². The first-order valence-electron chi connectivity index (χ1n) is 11.8. The number of hydrogen-bond donors (Lipinski definition) is 6. The molecule has 1 aromatic rings. The van der Waals surface area contributed by atoms with Crippen molar-refractivity contribution in [1.29, 1.82) is 0 Å². The van der Waals surface area contributed by atoms with Gasteiger partial charge in [-0.25, -0.2) is 4.79 Å². The van der Waals surface area contributed by atoms with E-state index in [0.717, 1.165) is 18.5 Å². The molecular formula is C24H35N5O6. The third-order valence-electron chi connectivity index (χ3n) is 5.83. The zero-order chi connectivity index (χ0) is 26.0. The molecule has 1 saturated heterocycles. The van der Waals surface area contributed by atoms with Gasteiger partial charge in [-0.3, -0.25) is 19.2 Å². The average molecular weight is 490 g/mol. The predicted molar refractivity (Wildman–Crippen MR) is 128 cm³/mol. The Morgan fingerprint density at radius 1 is 1.03 bits per heavy atom. The monoisotopic (exact) mass is 489 g/mol. The van der Waals surface area contributed by atoms with E-state index in [1.54, 1.807) is 38.1 Å². The molecule has 1 fully saturated rings. The molecule has 4 amide bonds. The number of nitrogens with one attached hydrogen (secondary N) is 4.